The van der Waals surface area contributed by atoms with E-state index < -0.39 is 10.9 Å². The molecule has 2 aromatic rings. The Hall–Kier alpha value is -3.42. The summed E-state index contributed by atoms with van der Waals surface area (Å²) in [6.07, 6.45) is 0. The van der Waals surface area contributed by atoms with Gasteiger partial charge in [-0.1, -0.05) is 30.3 Å². The molecule has 8 nitrogen and oxygen atoms in total. The number of rotatable bonds is 5. The Morgan fingerprint density at radius 3 is 2.73 bits per heavy atom. The van der Waals surface area contributed by atoms with E-state index >= 15 is 0 Å². The minimum atomic E-state index is -0.568. The van der Waals surface area contributed by atoms with Crippen LogP contribution in [0.25, 0.3) is 0 Å². The number of nitro benzene ring substituents is 1. The van der Waals surface area contributed by atoms with Gasteiger partial charge in [0.05, 0.1) is 29.3 Å². The van der Waals surface area contributed by atoms with E-state index in [9.17, 15) is 19.7 Å². The van der Waals surface area contributed by atoms with Gasteiger partial charge in [0.2, 0.25) is 5.91 Å². The summed E-state index contributed by atoms with van der Waals surface area (Å²) >= 11 is 0. The number of hydrogen-bond acceptors (Lipinski definition) is 6. The van der Waals surface area contributed by atoms with Crippen molar-refractivity contribution in [2.75, 3.05) is 18.0 Å². The summed E-state index contributed by atoms with van der Waals surface area (Å²) < 4.78 is 5.07. The maximum absolute atomic E-state index is 12.4. The lowest BCUT2D eigenvalue weighted by Crippen LogP contribution is -2.43. The van der Waals surface area contributed by atoms with Crippen LogP contribution in [0.4, 0.5) is 11.4 Å². The molecule has 8 heteroatoms. The highest BCUT2D eigenvalue weighted by molar-refractivity contribution is 5.89. The molecule has 1 heterocycles. The first-order valence-electron chi connectivity index (χ1n) is 8.02. The lowest BCUT2D eigenvalue weighted by molar-refractivity contribution is -0.384. The van der Waals surface area contributed by atoms with Crippen LogP contribution in [0, 0.1) is 10.1 Å². The number of non-ortho nitro benzene ring substituents is 1. The molecule has 134 valence electrons. The van der Waals surface area contributed by atoms with Crippen LogP contribution in [0.1, 0.15) is 18.5 Å². The van der Waals surface area contributed by atoms with Gasteiger partial charge in [-0.3, -0.25) is 14.9 Å². The standard InChI is InChI=1S/C18H17N3O5/c1-12(13-5-3-2-4-6-13)19-17(22)10-20-11-18(23)26-16-9-14(21(24)25)7-8-15(16)20/h2-9,12H,10-11H2,1H3,(H,19,22). The highest BCUT2D eigenvalue weighted by atomic mass is 16.6. The summed E-state index contributed by atoms with van der Waals surface area (Å²) in [6.45, 7) is 1.71. The maximum atomic E-state index is 12.4. The van der Waals surface area contributed by atoms with E-state index in [1.807, 2.05) is 37.3 Å². The number of nitrogens with one attached hydrogen (secondary N) is 1. The Labute approximate surface area is 149 Å². The number of anilines is 1. The Morgan fingerprint density at radius 2 is 2.04 bits per heavy atom. The van der Waals surface area contributed by atoms with E-state index in [0.717, 1.165) is 5.56 Å². The van der Waals surface area contributed by atoms with Crippen LogP contribution < -0.4 is 15.0 Å². The molecular weight excluding hydrogens is 338 g/mol. The fourth-order valence-corrected chi connectivity index (χ4v) is 2.78. The molecule has 1 unspecified atom stereocenters. The number of nitro groups is 1. The summed E-state index contributed by atoms with van der Waals surface area (Å²) in [5.74, 6) is -0.749. The first-order chi connectivity index (χ1) is 12.4. The second kappa shape index (κ2) is 7.22. The lowest BCUT2D eigenvalue weighted by Gasteiger charge is -2.29. The van der Waals surface area contributed by atoms with Crippen molar-refractivity contribution in [3.8, 4) is 5.75 Å². The number of ether oxygens (including phenoxy) is 1. The summed E-state index contributed by atoms with van der Waals surface area (Å²) in [4.78, 5) is 36.0. The number of amides is 1. The molecule has 1 N–H and O–H groups in total. The molecule has 0 radical (unpaired) electrons. The average molecular weight is 355 g/mol. The molecule has 3 rings (SSSR count). The van der Waals surface area contributed by atoms with E-state index in [1.54, 1.807) is 0 Å². The van der Waals surface area contributed by atoms with Crippen LogP contribution in [0.15, 0.2) is 48.5 Å². The van der Waals surface area contributed by atoms with Gasteiger partial charge in [0.15, 0.2) is 5.75 Å². The third kappa shape index (κ3) is 3.80. The minimum Gasteiger partial charge on any atom is -0.423 e. The summed E-state index contributed by atoms with van der Waals surface area (Å²) in [7, 11) is 0. The lowest BCUT2D eigenvalue weighted by atomic mass is 10.1. The van der Waals surface area contributed by atoms with Crippen LogP contribution in [0.2, 0.25) is 0 Å². The summed E-state index contributed by atoms with van der Waals surface area (Å²) in [5.41, 5.74) is 1.26. The fraction of sp³-hybridized carbons (Fsp3) is 0.222. The Morgan fingerprint density at radius 1 is 1.31 bits per heavy atom. The molecule has 2 aromatic carbocycles. The van der Waals surface area contributed by atoms with Crippen LogP contribution in [0.3, 0.4) is 0 Å². The number of benzene rings is 2. The first-order valence-corrected chi connectivity index (χ1v) is 8.02. The summed E-state index contributed by atoms with van der Waals surface area (Å²) in [6, 6.07) is 13.3. The van der Waals surface area contributed by atoms with Crippen molar-refractivity contribution < 1.29 is 19.2 Å². The van der Waals surface area contributed by atoms with Gasteiger partial charge in [-0.2, -0.15) is 0 Å². The smallest absolute Gasteiger partial charge is 0.331 e. The topological polar surface area (TPSA) is 102 Å². The monoisotopic (exact) mass is 355 g/mol. The van der Waals surface area contributed by atoms with Crippen LogP contribution >= 0.6 is 0 Å². The summed E-state index contributed by atoms with van der Waals surface area (Å²) in [5, 5.41) is 13.7. The second-order valence-electron chi connectivity index (χ2n) is 5.94. The van der Waals surface area contributed by atoms with Crippen molar-refractivity contribution in [3.05, 3.63) is 64.2 Å². The van der Waals surface area contributed by atoms with Crippen molar-refractivity contribution in [2.45, 2.75) is 13.0 Å². The fourth-order valence-electron chi connectivity index (χ4n) is 2.78. The number of esters is 1. The van der Waals surface area contributed by atoms with Gasteiger partial charge >= 0.3 is 5.97 Å². The quantitative estimate of drug-likeness (QED) is 0.382. The minimum absolute atomic E-state index is 0.0584. The van der Waals surface area contributed by atoms with Gasteiger partial charge in [0.25, 0.3) is 5.69 Å². The predicted molar refractivity (Wildman–Crippen MR) is 93.9 cm³/mol. The maximum Gasteiger partial charge on any atom is 0.331 e. The number of nitrogens with zero attached hydrogens (tertiary/aromatic N) is 2. The molecule has 0 aliphatic carbocycles. The van der Waals surface area contributed by atoms with Gasteiger partial charge < -0.3 is 15.0 Å². The zero-order valence-electron chi connectivity index (χ0n) is 14.0. The number of hydrogen-bond donors (Lipinski definition) is 1. The van der Waals surface area contributed by atoms with Gasteiger partial charge in [-0.25, -0.2) is 4.79 Å². The van der Waals surface area contributed by atoms with Gasteiger partial charge in [-0.05, 0) is 18.6 Å². The number of fused-ring (bicyclic) bond motifs is 1. The molecular formula is C18H17N3O5. The Bertz CT molecular complexity index is 853. The largest absolute Gasteiger partial charge is 0.423 e. The average Bonchev–Trinajstić information content (AvgIpc) is 2.61. The number of carbonyl (C=O) groups excluding carboxylic acids is 2. The van der Waals surface area contributed by atoms with Crippen LogP contribution in [-0.4, -0.2) is 29.9 Å². The van der Waals surface area contributed by atoms with Crippen LogP contribution in [0.5, 0.6) is 5.75 Å². The molecule has 1 atom stereocenters. The Kier molecular flexibility index (Phi) is 4.83. The normalized spacial score (nSPS) is 14.2. The molecule has 0 bridgehead atoms. The number of carbonyl (C=O) groups is 2. The van der Waals surface area contributed by atoms with E-state index in [0.29, 0.717) is 5.69 Å². The van der Waals surface area contributed by atoms with Gasteiger partial charge in [-0.15, -0.1) is 0 Å². The molecule has 1 aliphatic rings. The highest BCUT2D eigenvalue weighted by Crippen LogP contribution is 2.34. The zero-order chi connectivity index (χ0) is 18.7. The molecule has 26 heavy (non-hydrogen) atoms. The van der Waals surface area contributed by atoms with Crippen LogP contribution in [-0.2, 0) is 9.59 Å². The molecule has 0 fully saturated rings. The SMILES string of the molecule is CC(NC(=O)CN1CC(=O)Oc2cc([N+](=O)[O-])ccc21)c1ccccc1. The molecule has 0 spiro atoms. The molecule has 1 amide bonds. The predicted octanol–water partition coefficient (Wildman–Crippen LogP) is 2.20. The van der Waals surface area contributed by atoms with Gasteiger partial charge in [0, 0.05) is 6.07 Å². The second-order valence-corrected chi connectivity index (χ2v) is 5.94. The van der Waals surface area contributed by atoms with E-state index in [2.05, 4.69) is 5.32 Å². The molecule has 1 aliphatic heterocycles. The highest BCUT2D eigenvalue weighted by Gasteiger charge is 2.27. The zero-order valence-corrected chi connectivity index (χ0v) is 14.0. The van der Waals surface area contributed by atoms with E-state index in [1.165, 1.54) is 23.1 Å². The van der Waals surface area contributed by atoms with Crippen molar-refractivity contribution in [1.29, 1.82) is 0 Å². The van der Waals surface area contributed by atoms with E-state index in [-0.39, 0.29) is 36.5 Å². The molecule has 0 saturated heterocycles. The Balaban J connectivity index is 1.73. The third-order valence-corrected chi connectivity index (χ3v) is 4.05. The molecule has 0 aromatic heterocycles. The van der Waals surface area contributed by atoms with Crippen molar-refractivity contribution >= 4 is 23.3 Å². The molecule has 0 saturated carbocycles. The van der Waals surface area contributed by atoms with Crippen molar-refractivity contribution in [1.82, 2.24) is 5.32 Å². The van der Waals surface area contributed by atoms with Gasteiger partial charge in [0.1, 0.15) is 6.54 Å². The first kappa shape index (κ1) is 17.4. The van der Waals surface area contributed by atoms with Crippen molar-refractivity contribution in [2.24, 2.45) is 0 Å². The van der Waals surface area contributed by atoms with Crippen molar-refractivity contribution in [3.63, 3.8) is 0 Å². The third-order valence-electron chi connectivity index (χ3n) is 4.05. The van der Waals surface area contributed by atoms with E-state index in [4.69, 9.17) is 4.74 Å².